The van der Waals surface area contributed by atoms with Gasteiger partial charge in [0.25, 0.3) is 0 Å². The van der Waals surface area contributed by atoms with E-state index in [0.29, 0.717) is 30.9 Å². The van der Waals surface area contributed by atoms with Crippen molar-refractivity contribution in [3.05, 3.63) is 119 Å². The van der Waals surface area contributed by atoms with Gasteiger partial charge in [0.15, 0.2) is 5.78 Å². The number of ether oxygens (including phenoxy) is 1. The Morgan fingerprint density at radius 1 is 0.875 bits per heavy atom. The lowest BCUT2D eigenvalue weighted by atomic mass is 10.0. The van der Waals surface area contributed by atoms with Crippen LogP contribution in [0.3, 0.4) is 0 Å². The number of benzene rings is 3. The molecule has 7 heteroatoms. The normalized spacial score (nSPS) is 11.8. The van der Waals surface area contributed by atoms with Crippen molar-refractivity contribution in [2.75, 3.05) is 26.7 Å². The van der Waals surface area contributed by atoms with E-state index in [-0.39, 0.29) is 12.2 Å². The Bertz CT molecular complexity index is 1380. The molecule has 0 unspecified atom stereocenters. The van der Waals surface area contributed by atoms with Crippen LogP contribution >= 0.6 is 0 Å². The second kappa shape index (κ2) is 13.6. The molecule has 0 aliphatic carbocycles. The number of halogens is 3. The number of hydrogen-bond acceptors (Lipinski definition) is 3. The highest BCUT2D eigenvalue weighted by atomic mass is 19.4. The number of nitrogens with zero attached hydrogens (tertiary/aromatic N) is 2. The molecule has 4 nitrogen and oxygen atoms in total. The van der Waals surface area contributed by atoms with E-state index in [0.717, 1.165) is 54.2 Å². The Hall–Kier alpha value is -3.68. The van der Waals surface area contributed by atoms with Crippen LogP contribution in [0.5, 0.6) is 0 Å². The summed E-state index contributed by atoms with van der Waals surface area (Å²) in [4.78, 5) is 15.5. The van der Waals surface area contributed by atoms with E-state index in [1.165, 1.54) is 6.07 Å². The topological polar surface area (TPSA) is 34.5 Å². The Kier molecular flexibility index (Phi) is 9.96. The van der Waals surface area contributed by atoms with Gasteiger partial charge in [0.1, 0.15) is 0 Å². The molecule has 1 aromatic heterocycles. The van der Waals surface area contributed by atoms with Crippen LogP contribution in [-0.2, 0) is 30.5 Å². The van der Waals surface area contributed by atoms with E-state index in [2.05, 4.69) is 16.5 Å². The molecule has 0 saturated heterocycles. The SMILES string of the molecule is Cc1c(C(=O)Cc2cccc(C(F)(F)F)c2)cc(-c2ccccc2)n1CCCN(C)CCOCc1ccccc1. The van der Waals surface area contributed by atoms with Crippen LogP contribution in [0.25, 0.3) is 11.3 Å². The van der Waals surface area contributed by atoms with Gasteiger partial charge in [-0.3, -0.25) is 4.79 Å². The molecule has 210 valence electrons. The molecular formula is C33H35F3N2O2. The van der Waals surface area contributed by atoms with Gasteiger partial charge >= 0.3 is 6.18 Å². The fraction of sp³-hybridized carbons (Fsp3) is 0.303. The minimum Gasteiger partial charge on any atom is -0.375 e. The highest BCUT2D eigenvalue weighted by Crippen LogP contribution is 2.31. The third kappa shape index (κ3) is 7.93. The summed E-state index contributed by atoms with van der Waals surface area (Å²) < 4.78 is 47.5. The van der Waals surface area contributed by atoms with Crippen LogP contribution in [0, 0.1) is 6.92 Å². The Morgan fingerprint density at radius 3 is 2.25 bits per heavy atom. The van der Waals surface area contributed by atoms with Crippen LogP contribution in [0.4, 0.5) is 13.2 Å². The first-order valence-corrected chi connectivity index (χ1v) is 13.5. The first-order chi connectivity index (χ1) is 19.2. The van der Waals surface area contributed by atoms with Gasteiger partial charge in [0.2, 0.25) is 0 Å². The molecule has 1 heterocycles. The minimum atomic E-state index is -4.44. The van der Waals surface area contributed by atoms with Crippen molar-refractivity contribution in [3.63, 3.8) is 0 Å². The first-order valence-electron chi connectivity index (χ1n) is 13.5. The van der Waals surface area contributed by atoms with Crippen molar-refractivity contribution in [1.82, 2.24) is 9.47 Å². The zero-order valence-corrected chi connectivity index (χ0v) is 23.0. The molecule has 0 bridgehead atoms. The molecule has 40 heavy (non-hydrogen) atoms. The third-order valence-electron chi connectivity index (χ3n) is 7.01. The Labute approximate surface area is 234 Å². The summed E-state index contributed by atoms with van der Waals surface area (Å²) >= 11 is 0. The van der Waals surface area contributed by atoms with Crippen LogP contribution in [-0.4, -0.2) is 42.0 Å². The molecule has 0 spiro atoms. The zero-order chi connectivity index (χ0) is 28.5. The maximum absolute atomic E-state index is 13.3. The minimum absolute atomic E-state index is 0.0886. The van der Waals surface area contributed by atoms with Gasteiger partial charge in [-0.2, -0.15) is 13.2 Å². The number of alkyl halides is 3. The molecule has 0 fully saturated rings. The molecule has 0 amide bonds. The standard InChI is InChI=1S/C33H35F3N2O2/c1-25-30(32(39)22-27-13-9-16-29(21-27)33(34,35)36)23-31(28-14-7-4-8-15-28)38(25)18-10-17-37(2)19-20-40-24-26-11-5-3-6-12-26/h3-9,11-16,21,23H,10,17-20,22,24H2,1-2H3. The summed E-state index contributed by atoms with van der Waals surface area (Å²) in [5.41, 5.74) is 4.05. The molecule has 0 N–H and O–H groups in total. The monoisotopic (exact) mass is 548 g/mol. The lowest BCUT2D eigenvalue weighted by Crippen LogP contribution is -2.25. The Morgan fingerprint density at radius 2 is 1.55 bits per heavy atom. The van der Waals surface area contributed by atoms with E-state index in [4.69, 9.17) is 4.74 Å². The van der Waals surface area contributed by atoms with E-state index in [1.807, 2.05) is 73.7 Å². The third-order valence-corrected chi connectivity index (χ3v) is 7.01. The van der Waals surface area contributed by atoms with Crippen LogP contribution in [0.1, 0.15) is 39.2 Å². The lowest BCUT2D eigenvalue weighted by molar-refractivity contribution is -0.137. The molecule has 0 atom stereocenters. The predicted molar refractivity (Wildman–Crippen MR) is 152 cm³/mol. The van der Waals surface area contributed by atoms with Crippen molar-refractivity contribution in [1.29, 1.82) is 0 Å². The second-order valence-corrected chi connectivity index (χ2v) is 10.0. The maximum atomic E-state index is 13.3. The van der Waals surface area contributed by atoms with Crippen LogP contribution in [0.15, 0.2) is 91.0 Å². The summed E-state index contributed by atoms with van der Waals surface area (Å²) in [5.74, 6) is -0.194. The number of carbonyl (C=O) groups excluding carboxylic acids is 1. The van der Waals surface area contributed by atoms with Gasteiger partial charge in [-0.25, -0.2) is 0 Å². The zero-order valence-electron chi connectivity index (χ0n) is 23.0. The number of carbonyl (C=O) groups is 1. The summed E-state index contributed by atoms with van der Waals surface area (Å²) in [7, 11) is 2.07. The maximum Gasteiger partial charge on any atom is 0.416 e. The number of ketones is 1. The number of Topliss-reactive ketones (excluding diaryl/α,β-unsaturated/α-hetero) is 1. The van der Waals surface area contributed by atoms with E-state index < -0.39 is 11.7 Å². The summed E-state index contributed by atoms with van der Waals surface area (Å²) in [6.07, 6.45) is -3.67. The second-order valence-electron chi connectivity index (χ2n) is 10.0. The largest absolute Gasteiger partial charge is 0.416 e. The van der Waals surface area contributed by atoms with Gasteiger partial charge in [-0.15, -0.1) is 0 Å². The van der Waals surface area contributed by atoms with E-state index in [1.54, 1.807) is 6.07 Å². The number of hydrogen-bond donors (Lipinski definition) is 0. The van der Waals surface area contributed by atoms with Gasteiger partial charge < -0.3 is 14.2 Å². The molecule has 3 aromatic carbocycles. The number of rotatable bonds is 13. The highest BCUT2D eigenvalue weighted by Gasteiger charge is 2.30. The smallest absolute Gasteiger partial charge is 0.375 e. The molecule has 4 rings (SSSR count). The fourth-order valence-corrected chi connectivity index (χ4v) is 4.80. The van der Waals surface area contributed by atoms with Crippen LogP contribution in [0.2, 0.25) is 0 Å². The van der Waals surface area contributed by atoms with Crippen molar-refractivity contribution in [2.45, 2.75) is 39.1 Å². The van der Waals surface area contributed by atoms with E-state index in [9.17, 15) is 18.0 Å². The molecular weight excluding hydrogens is 513 g/mol. The van der Waals surface area contributed by atoms with E-state index >= 15 is 0 Å². The van der Waals surface area contributed by atoms with Crippen molar-refractivity contribution < 1.29 is 22.7 Å². The molecule has 0 aliphatic heterocycles. The highest BCUT2D eigenvalue weighted by molar-refractivity contribution is 6.00. The van der Waals surface area contributed by atoms with Crippen molar-refractivity contribution in [3.8, 4) is 11.3 Å². The summed E-state index contributed by atoms with van der Waals surface area (Å²) in [6, 6.07) is 26.8. The van der Waals surface area contributed by atoms with Crippen molar-refractivity contribution in [2.24, 2.45) is 0 Å². The average molecular weight is 549 g/mol. The molecule has 0 aliphatic rings. The van der Waals surface area contributed by atoms with Gasteiger partial charge in [0.05, 0.1) is 18.8 Å². The Balaban J connectivity index is 1.41. The van der Waals surface area contributed by atoms with Gasteiger partial charge in [0, 0.05) is 36.5 Å². The van der Waals surface area contributed by atoms with Crippen LogP contribution < -0.4 is 0 Å². The quantitative estimate of drug-likeness (QED) is 0.129. The van der Waals surface area contributed by atoms with Gasteiger partial charge in [-0.05, 0) is 55.8 Å². The average Bonchev–Trinajstić information content (AvgIpc) is 3.28. The number of likely N-dealkylation sites (N-methyl/N-ethyl adjacent to an activating group) is 1. The molecule has 4 aromatic rings. The fourth-order valence-electron chi connectivity index (χ4n) is 4.80. The number of aromatic nitrogens is 1. The molecule has 0 radical (unpaired) electrons. The van der Waals surface area contributed by atoms with Crippen molar-refractivity contribution >= 4 is 5.78 Å². The lowest BCUT2D eigenvalue weighted by Gasteiger charge is -2.18. The first kappa shape index (κ1) is 29.3. The summed E-state index contributed by atoms with van der Waals surface area (Å²) in [5, 5.41) is 0. The summed E-state index contributed by atoms with van der Waals surface area (Å²) in [6.45, 7) is 5.51. The molecule has 0 saturated carbocycles. The van der Waals surface area contributed by atoms with Gasteiger partial charge in [-0.1, -0.05) is 78.9 Å². The predicted octanol–water partition coefficient (Wildman–Crippen LogP) is 7.45.